The lowest BCUT2D eigenvalue weighted by Gasteiger charge is -2.22. The number of carbonyl (C=O) groups is 2. The van der Waals surface area contributed by atoms with E-state index in [-0.39, 0.29) is 12.0 Å². The van der Waals surface area contributed by atoms with Crippen molar-refractivity contribution in [2.24, 2.45) is 5.73 Å². The molecule has 0 saturated heterocycles. The van der Waals surface area contributed by atoms with Crippen molar-refractivity contribution in [1.82, 2.24) is 5.32 Å². The lowest BCUT2D eigenvalue weighted by Crippen LogP contribution is -2.54. The van der Waals surface area contributed by atoms with Crippen molar-refractivity contribution >= 4 is 11.9 Å². The molecule has 1 aromatic carbocycles. The van der Waals surface area contributed by atoms with Gasteiger partial charge in [0, 0.05) is 6.42 Å². The molecule has 1 atom stereocenters. The number of halogens is 1. The molecule has 1 unspecified atom stereocenters. The summed E-state index contributed by atoms with van der Waals surface area (Å²) in [5, 5.41) is 11.4. The van der Waals surface area contributed by atoms with E-state index in [4.69, 9.17) is 10.8 Å². The maximum absolute atomic E-state index is 13.5. The highest BCUT2D eigenvalue weighted by Gasteiger charge is 2.28. The van der Waals surface area contributed by atoms with Crippen molar-refractivity contribution in [2.75, 3.05) is 0 Å². The van der Waals surface area contributed by atoms with Gasteiger partial charge >= 0.3 is 5.97 Å². The van der Waals surface area contributed by atoms with Gasteiger partial charge in [-0.3, -0.25) is 4.79 Å². The van der Waals surface area contributed by atoms with Gasteiger partial charge < -0.3 is 16.2 Å². The average molecular weight is 268 g/mol. The number of carboxylic acid groups (broad SMARTS) is 1. The zero-order chi connectivity index (χ0) is 14.6. The minimum Gasteiger partial charge on any atom is -0.480 e. The summed E-state index contributed by atoms with van der Waals surface area (Å²) in [7, 11) is 0. The molecule has 0 heterocycles. The summed E-state index contributed by atoms with van der Waals surface area (Å²) in [4.78, 5) is 22.8. The van der Waals surface area contributed by atoms with Crippen molar-refractivity contribution in [2.45, 2.75) is 31.8 Å². The molecule has 0 spiro atoms. The lowest BCUT2D eigenvalue weighted by atomic mass is 10.0. The van der Waals surface area contributed by atoms with Gasteiger partial charge in [-0.1, -0.05) is 18.2 Å². The number of nitrogens with two attached hydrogens (primary N) is 1. The molecule has 6 heteroatoms. The molecule has 0 aromatic heterocycles. The molecule has 19 heavy (non-hydrogen) atoms. The predicted octanol–water partition coefficient (Wildman–Crippen LogP) is 0.675. The second-order valence-electron chi connectivity index (χ2n) is 4.88. The van der Waals surface area contributed by atoms with Crippen molar-refractivity contribution < 1.29 is 19.1 Å². The molecule has 0 aliphatic rings. The largest absolute Gasteiger partial charge is 0.480 e. The number of hydrogen-bond donors (Lipinski definition) is 3. The number of amides is 1. The zero-order valence-electron chi connectivity index (χ0n) is 10.8. The third-order valence-electron chi connectivity index (χ3n) is 2.57. The van der Waals surface area contributed by atoms with Crippen LogP contribution in [0, 0.1) is 5.82 Å². The molecule has 0 aliphatic heterocycles. The molecule has 5 nitrogen and oxygen atoms in total. The first-order valence-corrected chi connectivity index (χ1v) is 5.78. The highest BCUT2D eigenvalue weighted by molar-refractivity contribution is 5.89. The highest BCUT2D eigenvalue weighted by Crippen LogP contribution is 2.10. The first kappa shape index (κ1) is 15.1. The van der Waals surface area contributed by atoms with Crippen LogP contribution in [-0.4, -0.2) is 28.6 Å². The quantitative estimate of drug-likeness (QED) is 0.732. The summed E-state index contributed by atoms with van der Waals surface area (Å²) >= 11 is 0. The molecule has 104 valence electrons. The van der Waals surface area contributed by atoms with Gasteiger partial charge in [-0.15, -0.1) is 0 Å². The van der Waals surface area contributed by atoms with Crippen LogP contribution in [0.3, 0.4) is 0 Å². The van der Waals surface area contributed by atoms with Gasteiger partial charge in [-0.25, -0.2) is 9.18 Å². The fourth-order valence-corrected chi connectivity index (χ4v) is 1.43. The minimum atomic E-state index is -1.24. The van der Waals surface area contributed by atoms with E-state index in [1.165, 1.54) is 32.0 Å². The number of nitrogens with one attached hydrogen (secondary N) is 1. The molecular weight excluding hydrogens is 251 g/mol. The number of carbonyl (C=O) groups excluding carboxylic acids is 1. The molecule has 0 bridgehead atoms. The maximum atomic E-state index is 13.5. The molecule has 0 fully saturated rings. The number of aliphatic carboxylic acids is 1. The van der Waals surface area contributed by atoms with Crippen molar-refractivity contribution in [1.29, 1.82) is 0 Å². The Morgan fingerprint density at radius 3 is 2.47 bits per heavy atom. The first-order valence-electron chi connectivity index (χ1n) is 5.78. The molecule has 1 aromatic rings. The Kier molecular flexibility index (Phi) is 4.61. The monoisotopic (exact) mass is 268 g/mol. The van der Waals surface area contributed by atoms with E-state index in [1.807, 2.05) is 0 Å². The fourth-order valence-electron chi connectivity index (χ4n) is 1.43. The fraction of sp³-hybridized carbons (Fsp3) is 0.385. The molecule has 4 N–H and O–H groups in total. The number of benzene rings is 1. The van der Waals surface area contributed by atoms with Crippen LogP contribution < -0.4 is 11.1 Å². The average Bonchev–Trinajstić information content (AvgIpc) is 2.29. The van der Waals surface area contributed by atoms with Gasteiger partial charge in [-0.2, -0.15) is 0 Å². The summed E-state index contributed by atoms with van der Waals surface area (Å²) < 4.78 is 13.5. The predicted molar refractivity (Wildman–Crippen MR) is 67.9 cm³/mol. The molecule has 0 radical (unpaired) electrons. The third kappa shape index (κ3) is 4.33. The van der Waals surface area contributed by atoms with E-state index in [1.54, 1.807) is 6.07 Å². The Bertz CT molecular complexity index is 483. The van der Waals surface area contributed by atoms with Gasteiger partial charge in [0.05, 0.1) is 5.54 Å². The van der Waals surface area contributed by atoms with Crippen molar-refractivity contribution in [3.63, 3.8) is 0 Å². The maximum Gasteiger partial charge on any atom is 0.326 e. The van der Waals surface area contributed by atoms with Gasteiger partial charge in [0.15, 0.2) is 0 Å². The van der Waals surface area contributed by atoms with Gasteiger partial charge in [-0.05, 0) is 25.5 Å². The molecule has 0 saturated carbocycles. The van der Waals surface area contributed by atoms with E-state index in [0.29, 0.717) is 0 Å². The van der Waals surface area contributed by atoms with Gasteiger partial charge in [0.1, 0.15) is 11.9 Å². The number of hydrogen-bond acceptors (Lipinski definition) is 3. The Morgan fingerprint density at radius 1 is 1.42 bits per heavy atom. The summed E-state index contributed by atoms with van der Waals surface area (Å²) in [6, 6.07) is 4.61. The second-order valence-corrected chi connectivity index (χ2v) is 4.88. The summed E-state index contributed by atoms with van der Waals surface area (Å²) in [6.07, 6.45) is -0.135. The number of carboxylic acids is 1. The lowest BCUT2D eigenvalue weighted by molar-refractivity contribution is -0.142. The summed E-state index contributed by atoms with van der Waals surface area (Å²) in [5.41, 5.74) is 4.61. The van der Waals surface area contributed by atoms with Crippen LogP contribution in [0.2, 0.25) is 0 Å². The van der Waals surface area contributed by atoms with Gasteiger partial charge in [0.25, 0.3) is 0 Å². The number of rotatable bonds is 5. The van der Waals surface area contributed by atoms with Gasteiger partial charge in [0.2, 0.25) is 5.91 Å². The molecule has 0 aliphatic carbocycles. The minimum absolute atomic E-state index is 0.135. The van der Waals surface area contributed by atoms with Crippen molar-refractivity contribution in [3.8, 4) is 0 Å². The van der Waals surface area contributed by atoms with E-state index in [2.05, 4.69) is 5.32 Å². The topological polar surface area (TPSA) is 92.4 Å². The van der Waals surface area contributed by atoms with Crippen LogP contribution in [0.15, 0.2) is 24.3 Å². The highest BCUT2D eigenvalue weighted by atomic mass is 19.1. The van der Waals surface area contributed by atoms with E-state index >= 15 is 0 Å². The SMILES string of the molecule is CC(C)(N)C(=O)NC(Cc1ccccc1F)C(=O)O. The van der Waals surface area contributed by atoms with E-state index in [0.717, 1.165) is 0 Å². The Hall–Kier alpha value is -1.95. The van der Waals surface area contributed by atoms with E-state index < -0.39 is 29.3 Å². The molecule has 1 rings (SSSR count). The van der Waals surface area contributed by atoms with Crippen LogP contribution in [0.4, 0.5) is 4.39 Å². The zero-order valence-corrected chi connectivity index (χ0v) is 10.8. The van der Waals surface area contributed by atoms with Crippen molar-refractivity contribution in [3.05, 3.63) is 35.6 Å². The normalized spacial score (nSPS) is 12.8. The standard InChI is InChI=1S/C13H17FN2O3/c1-13(2,15)12(19)16-10(11(17)18)7-8-5-3-4-6-9(8)14/h3-6,10H,7,15H2,1-2H3,(H,16,19)(H,17,18). The summed E-state index contributed by atoms with van der Waals surface area (Å²) in [5.74, 6) is -2.34. The Labute approximate surface area is 110 Å². The third-order valence-corrected chi connectivity index (χ3v) is 2.57. The first-order chi connectivity index (χ1) is 8.71. The van der Waals surface area contributed by atoms with Crippen LogP contribution in [0.5, 0.6) is 0 Å². The molecular formula is C13H17FN2O3. The van der Waals surface area contributed by atoms with E-state index in [9.17, 15) is 14.0 Å². The second kappa shape index (κ2) is 5.79. The van der Waals surface area contributed by atoms with Crippen LogP contribution >= 0.6 is 0 Å². The molecule has 1 amide bonds. The van der Waals surface area contributed by atoms with Crippen LogP contribution in [0.25, 0.3) is 0 Å². The smallest absolute Gasteiger partial charge is 0.326 e. The Morgan fingerprint density at radius 2 is 2.00 bits per heavy atom. The summed E-state index contributed by atoms with van der Waals surface area (Å²) in [6.45, 7) is 2.93. The Balaban J connectivity index is 2.83. The van der Waals surface area contributed by atoms with Crippen LogP contribution in [0.1, 0.15) is 19.4 Å². The van der Waals surface area contributed by atoms with Crippen LogP contribution in [-0.2, 0) is 16.0 Å².